The summed E-state index contributed by atoms with van der Waals surface area (Å²) < 4.78 is 4.57. The Morgan fingerprint density at radius 2 is 2.19 bits per heavy atom. The predicted molar refractivity (Wildman–Crippen MR) is 78.9 cm³/mol. The summed E-state index contributed by atoms with van der Waals surface area (Å²) in [5.74, 6) is 1.11. The monoisotopic (exact) mass is 286 g/mol. The molecule has 110 valence electrons. The second-order valence-electron chi connectivity index (χ2n) is 5.63. The Balaban J connectivity index is 1.75. The standard InChI is InChI=1S/C15H18N4O2/c1-9-3-2-4-10(5-9)11-6-12(8-13(20)7-11)17-15-14(16)18-21-19-15/h2-5,11-12H,6-8H2,1H3,(H2,16,18)(H,17,19)/t11-,12+/m1/s1. The number of carbonyl (C=O) groups is 1. The molecule has 6 heteroatoms. The van der Waals surface area contributed by atoms with E-state index in [1.165, 1.54) is 11.1 Å². The van der Waals surface area contributed by atoms with E-state index >= 15 is 0 Å². The van der Waals surface area contributed by atoms with Crippen molar-refractivity contribution in [2.24, 2.45) is 0 Å². The van der Waals surface area contributed by atoms with Crippen LogP contribution in [0.2, 0.25) is 0 Å². The highest BCUT2D eigenvalue weighted by molar-refractivity contribution is 5.81. The van der Waals surface area contributed by atoms with Gasteiger partial charge in [-0.1, -0.05) is 29.8 Å². The lowest BCUT2D eigenvalue weighted by Crippen LogP contribution is -2.31. The minimum atomic E-state index is 0.00552. The van der Waals surface area contributed by atoms with Crippen LogP contribution in [0.25, 0.3) is 0 Å². The number of anilines is 2. The van der Waals surface area contributed by atoms with Crippen LogP contribution in [0, 0.1) is 6.92 Å². The number of Topliss-reactive ketones (excluding diaryl/α,β-unsaturated/α-hetero) is 1. The molecule has 1 aromatic carbocycles. The van der Waals surface area contributed by atoms with Crippen molar-refractivity contribution in [2.75, 3.05) is 11.1 Å². The zero-order valence-electron chi connectivity index (χ0n) is 11.9. The van der Waals surface area contributed by atoms with Gasteiger partial charge < -0.3 is 11.1 Å². The maximum Gasteiger partial charge on any atom is 0.215 e. The van der Waals surface area contributed by atoms with E-state index in [9.17, 15) is 4.79 Å². The van der Waals surface area contributed by atoms with Crippen LogP contribution >= 0.6 is 0 Å². The first-order chi connectivity index (χ1) is 10.1. The Kier molecular flexibility index (Phi) is 3.60. The van der Waals surface area contributed by atoms with Gasteiger partial charge in [0, 0.05) is 18.9 Å². The first-order valence-electron chi connectivity index (χ1n) is 7.04. The van der Waals surface area contributed by atoms with Crippen molar-refractivity contribution in [3.63, 3.8) is 0 Å². The lowest BCUT2D eigenvalue weighted by Gasteiger charge is -2.29. The molecule has 3 N–H and O–H groups in total. The molecule has 21 heavy (non-hydrogen) atoms. The molecule has 0 bridgehead atoms. The van der Waals surface area contributed by atoms with Crippen molar-refractivity contribution >= 4 is 17.4 Å². The maximum absolute atomic E-state index is 12.0. The number of nitrogens with zero attached hydrogens (tertiary/aromatic N) is 2. The van der Waals surface area contributed by atoms with Gasteiger partial charge in [-0.2, -0.15) is 0 Å². The Labute approximate surface area is 122 Å². The van der Waals surface area contributed by atoms with Gasteiger partial charge in [-0.15, -0.1) is 0 Å². The van der Waals surface area contributed by atoms with Crippen LogP contribution in [0.4, 0.5) is 11.6 Å². The average Bonchev–Trinajstić information content (AvgIpc) is 2.84. The van der Waals surface area contributed by atoms with Gasteiger partial charge in [0.2, 0.25) is 11.6 Å². The predicted octanol–water partition coefficient (Wildman–Crippen LogP) is 2.28. The highest BCUT2D eigenvalue weighted by Gasteiger charge is 2.29. The van der Waals surface area contributed by atoms with Crippen LogP contribution in [0.5, 0.6) is 0 Å². The van der Waals surface area contributed by atoms with Gasteiger partial charge >= 0.3 is 0 Å². The highest BCUT2D eigenvalue weighted by atomic mass is 16.6. The molecule has 3 rings (SSSR count). The smallest absolute Gasteiger partial charge is 0.215 e. The molecule has 2 aromatic rings. The third-order valence-electron chi connectivity index (χ3n) is 3.89. The van der Waals surface area contributed by atoms with Crippen LogP contribution in [0.3, 0.4) is 0 Å². The normalized spacial score (nSPS) is 22.2. The van der Waals surface area contributed by atoms with E-state index in [4.69, 9.17) is 5.73 Å². The SMILES string of the molecule is Cc1cccc([C@H]2CC(=O)C[C@@H](Nc3nonc3N)C2)c1. The molecule has 0 aliphatic heterocycles. The molecular formula is C15H18N4O2. The second-order valence-corrected chi connectivity index (χ2v) is 5.63. The van der Waals surface area contributed by atoms with E-state index in [0.717, 1.165) is 6.42 Å². The summed E-state index contributed by atoms with van der Waals surface area (Å²) in [5.41, 5.74) is 8.06. The van der Waals surface area contributed by atoms with E-state index in [1.54, 1.807) is 0 Å². The number of aromatic nitrogens is 2. The van der Waals surface area contributed by atoms with Crippen molar-refractivity contribution in [1.82, 2.24) is 10.3 Å². The molecule has 0 saturated heterocycles. The molecule has 1 aromatic heterocycles. The summed E-state index contributed by atoms with van der Waals surface area (Å²) in [7, 11) is 0. The largest absolute Gasteiger partial charge is 0.378 e. The number of nitrogens with one attached hydrogen (secondary N) is 1. The number of hydrogen-bond donors (Lipinski definition) is 2. The van der Waals surface area contributed by atoms with Crippen LogP contribution in [-0.4, -0.2) is 22.1 Å². The molecule has 1 aliphatic rings. The number of ketones is 1. The number of nitrogens with two attached hydrogens (primary N) is 1. The fourth-order valence-corrected chi connectivity index (χ4v) is 2.92. The molecule has 1 saturated carbocycles. The molecule has 1 aliphatic carbocycles. The van der Waals surface area contributed by atoms with Crippen molar-refractivity contribution in [3.05, 3.63) is 35.4 Å². The molecule has 0 spiro atoms. The molecule has 0 unspecified atom stereocenters. The van der Waals surface area contributed by atoms with E-state index in [0.29, 0.717) is 18.7 Å². The van der Waals surface area contributed by atoms with Gasteiger partial charge in [-0.3, -0.25) is 4.79 Å². The van der Waals surface area contributed by atoms with Crippen molar-refractivity contribution in [3.8, 4) is 0 Å². The van der Waals surface area contributed by atoms with Gasteiger partial charge in [-0.05, 0) is 35.1 Å². The first-order valence-corrected chi connectivity index (χ1v) is 7.04. The van der Waals surface area contributed by atoms with Crippen LogP contribution in [-0.2, 0) is 4.79 Å². The van der Waals surface area contributed by atoms with E-state index < -0.39 is 0 Å². The quantitative estimate of drug-likeness (QED) is 0.899. The van der Waals surface area contributed by atoms with E-state index in [2.05, 4.69) is 45.4 Å². The number of benzene rings is 1. The van der Waals surface area contributed by atoms with Crippen molar-refractivity contribution in [1.29, 1.82) is 0 Å². The number of rotatable bonds is 3. The molecule has 0 radical (unpaired) electrons. The molecule has 6 nitrogen and oxygen atoms in total. The number of aryl methyl sites for hydroxylation is 1. The van der Waals surface area contributed by atoms with Crippen LogP contribution in [0.15, 0.2) is 28.9 Å². The molecule has 1 heterocycles. The zero-order valence-corrected chi connectivity index (χ0v) is 11.9. The van der Waals surface area contributed by atoms with E-state index in [1.807, 2.05) is 6.07 Å². The molecule has 2 atom stereocenters. The maximum atomic E-state index is 12.0. The van der Waals surface area contributed by atoms with Gasteiger partial charge in [0.1, 0.15) is 5.78 Å². The van der Waals surface area contributed by atoms with Gasteiger partial charge in [-0.25, -0.2) is 4.63 Å². The molecular weight excluding hydrogens is 268 g/mol. The lowest BCUT2D eigenvalue weighted by atomic mass is 9.80. The fraction of sp³-hybridized carbons (Fsp3) is 0.400. The minimum Gasteiger partial charge on any atom is -0.378 e. The molecule has 1 fully saturated rings. The van der Waals surface area contributed by atoms with Crippen molar-refractivity contribution < 1.29 is 9.42 Å². The number of carbonyl (C=O) groups excluding carboxylic acids is 1. The fourth-order valence-electron chi connectivity index (χ4n) is 2.92. The summed E-state index contributed by atoms with van der Waals surface area (Å²) in [5, 5.41) is 10.4. The van der Waals surface area contributed by atoms with E-state index in [-0.39, 0.29) is 23.6 Å². The second kappa shape index (κ2) is 5.55. The third-order valence-corrected chi connectivity index (χ3v) is 3.89. The van der Waals surface area contributed by atoms with Gasteiger partial charge in [0.05, 0.1) is 0 Å². The lowest BCUT2D eigenvalue weighted by molar-refractivity contribution is -0.120. The Morgan fingerprint density at radius 1 is 1.33 bits per heavy atom. The number of nitrogen functional groups attached to an aromatic ring is 1. The summed E-state index contributed by atoms with van der Waals surface area (Å²) in [6.45, 7) is 2.06. The van der Waals surface area contributed by atoms with Gasteiger partial charge in [0.15, 0.2) is 0 Å². The molecule has 0 amide bonds. The Hall–Kier alpha value is -2.37. The van der Waals surface area contributed by atoms with Gasteiger partial charge in [0.25, 0.3) is 0 Å². The summed E-state index contributed by atoms with van der Waals surface area (Å²) in [6.07, 6.45) is 1.93. The number of hydrogen-bond acceptors (Lipinski definition) is 6. The van der Waals surface area contributed by atoms with Crippen molar-refractivity contribution in [2.45, 2.75) is 38.1 Å². The first kappa shape index (κ1) is 13.6. The zero-order chi connectivity index (χ0) is 14.8. The summed E-state index contributed by atoms with van der Waals surface area (Å²) in [6, 6.07) is 8.33. The minimum absolute atomic E-state index is 0.00552. The topological polar surface area (TPSA) is 94.0 Å². The summed E-state index contributed by atoms with van der Waals surface area (Å²) >= 11 is 0. The summed E-state index contributed by atoms with van der Waals surface area (Å²) in [4.78, 5) is 12.0. The third kappa shape index (κ3) is 3.04. The van der Waals surface area contributed by atoms with Crippen LogP contribution < -0.4 is 11.1 Å². The average molecular weight is 286 g/mol. The Bertz CT molecular complexity index is 653. The highest BCUT2D eigenvalue weighted by Crippen LogP contribution is 2.33. The van der Waals surface area contributed by atoms with Crippen LogP contribution in [0.1, 0.15) is 36.3 Å². The Morgan fingerprint density at radius 3 is 2.90 bits per heavy atom.